The maximum Gasteiger partial charge on any atom is 0.227 e. The van der Waals surface area contributed by atoms with Gasteiger partial charge in [-0.05, 0) is 43.5 Å². The van der Waals surface area contributed by atoms with E-state index in [1.54, 1.807) is 11.3 Å². The number of carbonyl (C=O) groups excluding carboxylic acids is 1. The van der Waals surface area contributed by atoms with Crippen molar-refractivity contribution in [2.75, 3.05) is 11.4 Å². The molecule has 1 aliphatic heterocycles. The van der Waals surface area contributed by atoms with Gasteiger partial charge in [0.1, 0.15) is 0 Å². The number of amides is 1. The van der Waals surface area contributed by atoms with Crippen molar-refractivity contribution in [1.29, 1.82) is 0 Å². The fourth-order valence-corrected chi connectivity index (χ4v) is 4.33. The summed E-state index contributed by atoms with van der Waals surface area (Å²) in [5, 5.41) is 1.05. The summed E-state index contributed by atoms with van der Waals surface area (Å²) in [5.74, 6) is 0.207. The molecule has 0 saturated carbocycles. The van der Waals surface area contributed by atoms with Gasteiger partial charge in [-0.25, -0.2) is 4.98 Å². The molecule has 122 valence electrons. The lowest BCUT2D eigenvalue weighted by molar-refractivity contribution is -0.118. The third kappa shape index (κ3) is 2.94. The molecule has 0 fully saturated rings. The van der Waals surface area contributed by atoms with Crippen LogP contribution in [-0.2, 0) is 17.6 Å². The number of anilines is 1. The summed E-state index contributed by atoms with van der Waals surface area (Å²) >= 11 is 1.69. The quantitative estimate of drug-likeness (QED) is 0.705. The van der Waals surface area contributed by atoms with E-state index in [2.05, 4.69) is 36.2 Å². The molecule has 1 aromatic heterocycles. The van der Waals surface area contributed by atoms with Gasteiger partial charge < -0.3 is 4.90 Å². The van der Waals surface area contributed by atoms with Crippen molar-refractivity contribution < 1.29 is 4.79 Å². The molecule has 2 aromatic carbocycles. The summed E-state index contributed by atoms with van der Waals surface area (Å²) in [6.07, 6.45) is 3.35. The summed E-state index contributed by atoms with van der Waals surface area (Å²) in [5.41, 5.74) is 4.69. The normalized spacial score (nSPS) is 14.0. The highest BCUT2D eigenvalue weighted by atomic mass is 32.1. The van der Waals surface area contributed by atoms with Gasteiger partial charge in [0, 0.05) is 25.1 Å². The molecule has 0 spiro atoms. The molecule has 2 heterocycles. The Morgan fingerprint density at radius 3 is 3.00 bits per heavy atom. The van der Waals surface area contributed by atoms with E-state index in [1.165, 1.54) is 15.8 Å². The van der Waals surface area contributed by atoms with Crippen LogP contribution < -0.4 is 4.90 Å². The number of fused-ring (bicyclic) bond motifs is 2. The number of thiazole rings is 1. The largest absolute Gasteiger partial charge is 0.312 e. The predicted octanol–water partition coefficient (Wildman–Crippen LogP) is 4.52. The van der Waals surface area contributed by atoms with Crippen LogP contribution in [0.2, 0.25) is 0 Å². The van der Waals surface area contributed by atoms with E-state index in [1.807, 2.05) is 23.1 Å². The van der Waals surface area contributed by atoms with Crippen molar-refractivity contribution >= 4 is 33.1 Å². The third-order valence-corrected chi connectivity index (χ3v) is 5.64. The van der Waals surface area contributed by atoms with Crippen molar-refractivity contribution in [3.63, 3.8) is 0 Å². The Morgan fingerprint density at radius 2 is 2.12 bits per heavy atom. The lowest BCUT2D eigenvalue weighted by Crippen LogP contribution is -2.35. The van der Waals surface area contributed by atoms with Crippen LogP contribution in [0.1, 0.15) is 29.0 Å². The molecule has 24 heavy (non-hydrogen) atoms. The first-order chi connectivity index (χ1) is 11.7. The van der Waals surface area contributed by atoms with E-state index in [4.69, 9.17) is 0 Å². The SMILES string of the molecule is Cc1ccc2c(c1)CCCN2C(=O)CCc1nc2ccccc2s1. The fraction of sp³-hybridized carbons (Fsp3) is 0.300. The Balaban J connectivity index is 1.49. The molecule has 0 radical (unpaired) electrons. The van der Waals surface area contributed by atoms with Gasteiger partial charge in [-0.2, -0.15) is 0 Å². The summed E-state index contributed by atoms with van der Waals surface area (Å²) in [6.45, 7) is 2.93. The number of aryl methyl sites for hydroxylation is 3. The fourth-order valence-electron chi connectivity index (χ4n) is 3.36. The maximum atomic E-state index is 12.7. The first-order valence-electron chi connectivity index (χ1n) is 8.45. The van der Waals surface area contributed by atoms with Gasteiger partial charge in [0.2, 0.25) is 5.91 Å². The number of hydrogen-bond acceptors (Lipinski definition) is 3. The average molecular weight is 336 g/mol. The highest BCUT2D eigenvalue weighted by molar-refractivity contribution is 7.18. The number of benzene rings is 2. The summed E-state index contributed by atoms with van der Waals surface area (Å²) in [4.78, 5) is 19.3. The third-order valence-electron chi connectivity index (χ3n) is 4.55. The molecule has 4 heteroatoms. The lowest BCUT2D eigenvalue weighted by atomic mass is 9.99. The number of nitrogens with zero attached hydrogens (tertiary/aromatic N) is 2. The van der Waals surface area contributed by atoms with Crippen molar-refractivity contribution in [2.24, 2.45) is 0 Å². The topological polar surface area (TPSA) is 33.2 Å². The molecule has 0 saturated heterocycles. The van der Waals surface area contributed by atoms with Crippen LogP contribution in [0.3, 0.4) is 0 Å². The molecule has 1 amide bonds. The van der Waals surface area contributed by atoms with Crippen LogP contribution in [0.4, 0.5) is 5.69 Å². The Kier molecular flexibility index (Phi) is 4.07. The van der Waals surface area contributed by atoms with Gasteiger partial charge in [-0.3, -0.25) is 4.79 Å². The molecule has 0 unspecified atom stereocenters. The maximum absolute atomic E-state index is 12.7. The van der Waals surface area contributed by atoms with Crippen molar-refractivity contribution in [1.82, 2.24) is 4.98 Å². The van der Waals surface area contributed by atoms with Crippen LogP contribution in [-0.4, -0.2) is 17.4 Å². The zero-order valence-corrected chi connectivity index (χ0v) is 14.6. The second kappa shape index (κ2) is 6.36. The summed E-state index contributed by atoms with van der Waals surface area (Å²) < 4.78 is 1.19. The predicted molar refractivity (Wildman–Crippen MR) is 99.8 cm³/mol. The van der Waals surface area contributed by atoms with E-state index >= 15 is 0 Å². The number of aromatic nitrogens is 1. The first-order valence-corrected chi connectivity index (χ1v) is 9.27. The monoisotopic (exact) mass is 336 g/mol. The summed E-state index contributed by atoms with van der Waals surface area (Å²) in [6, 6.07) is 14.5. The lowest BCUT2D eigenvalue weighted by Gasteiger charge is -2.29. The van der Waals surface area contributed by atoms with E-state index in [0.29, 0.717) is 6.42 Å². The van der Waals surface area contributed by atoms with E-state index in [0.717, 1.165) is 42.0 Å². The Hall–Kier alpha value is -2.20. The van der Waals surface area contributed by atoms with Gasteiger partial charge >= 0.3 is 0 Å². The molecular weight excluding hydrogens is 316 g/mol. The molecule has 3 aromatic rings. The van der Waals surface area contributed by atoms with Gasteiger partial charge in [0.15, 0.2) is 0 Å². The Labute approximate surface area is 146 Å². The molecule has 4 rings (SSSR count). The minimum absolute atomic E-state index is 0.207. The number of hydrogen-bond donors (Lipinski definition) is 0. The minimum Gasteiger partial charge on any atom is -0.312 e. The van der Waals surface area contributed by atoms with Gasteiger partial charge in [-0.15, -0.1) is 11.3 Å². The Morgan fingerprint density at radius 1 is 1.25 bits per heavy atom. The molecule has 0 N–H and O–H groups in total. The molecule has 0 aliphatic carbocycles. The van der Waals surface area contributed by atoms with E-state index in [-0.39, 0.29) is 5.91 Å². The molecular formula is C20H20N2OS. The van der Waals surface area contributed by atoms with Crippen LogP contribution in [0.15, 0.2) is 42.5 Å². The van der Waals surface area contributed by atoms with E-state index < -0.39 is 0 Å². The van der Waals surface area contributed by atoms with Crippen molar-refractivity contribution in [3.8, 4) is 0 Å². The standard InChI is InChI=1S/C20H20N2OS/c1-14-8-9-17-15(13-14)5-4-12-22(17)20(23)11-10-19-21-16-6-2-3-7-18(16)24-19/h2-3,6-9,13H,4-5,10-12H2,1H3. The molecule has 3 nitrogen and oxygen atoms in total. The second-order valence-electron chi connectivity index (χ2n) is 6.36. The van der Waals surface area contributed by atoms with Gasteiger partial charge in [0.05, 0.1) is 15.2 Å². The van der Waals surface area contributed by atoms with Crippen LogP contribution in [0.25, 0.3) is 10.2 Å². The van der Waals surface area contributed by atoms with Crippen molar-refractivity contribution in [3.05, 3.63) is 58.6 Å². The highest BCUT2D eigenvalue weighted by Gasteiger charge is 2.22. The zero-order valence-electron chi connectivity index (χ0n) is 13.8. The molecule has 0 bridgehead atoms. The smallest absolute Gasteiger partial charge is 0.227 e. The average Bonchev–Trinajstić information content (AvgIpc) is 3.01. The van der Waals surface area contributed by atoms with Crippen LogP contribution >= 0.6 is 11.3 Å². The second-order valence-corrected chi connectivity index (χ2v) is 7.47. The van der Waals surface area contributed by atoms with Crippen LogP contribution in [0.5, 0.6) is 0 Å². The summed E-state index contributed by atoms with van der Waals surface area (Å²) in [7, 11) is 0. The highest BCUT2D eigenvalue weighted by Crippen LogP contribution is 2.29. The minimum atomic E-state index is 0.207. The Bertz CT molecular complexity index is 867. The molecule has 0 atom stereocenters. The number of rotatable bonds is 3. The van der Waals surface area contributed by atoms with E-state index in [9.17, 15) is 4.79 Å². The molecule has 1 aliphatic rings. The first kappa shape index (κ1) is 15.3. The number of para-hydroxylation sites is 1. The van der Waals surface area contributed by atoms with Gasteiger partial charge in [0.25, 0.3) is 0 Å². The van der Waals surface area contributed by atoms with Crippen LogP contribution in [0, 0.1) is 6.92 Å². The van der Waals surface area contributed by atoms with Crippen molar-refractivity contribution in [2.45, 2.75) is 32.6 Å². The number of carbonyl (C=O) groups is 1. The van der Waals surface area contributed by atoms with Gasteiger partial charge in [-0.1, -0.05) is 29.8 Å². The zero-order chi connectivity index (χ0) is 16.5.